The Morgan fingerprint density at radius 3 is 1.81 bits per heavy atom. The van der Waals surface area contributed by atoms with Gasteiger partial charge in [0.25, 0.3) is 16.8 Å². The first kappa shape index (κ1) is 16.2. The molecule has 0 saturated carbocycles. The second kappa shape index (κ2) is 6.80. The number of halogens is 3. The van der Waals surface area contributed by atoms with Crippen LogP contribution in [-0.4, -0.2) is 22.4 Å². The molecule has 4 nitrogen and oxygen atoms in total. The Bertz CT molecular complexity index is 312. The third-order valence-electron chi connectivity index (χ3n) is 1.45. The molecule has 0 spiro atoms. The SMILES string of the molecule is C=CCNP(=O)(NCC=C)C(=O)C(Cl)(Cl)Cl. The van der Waals surface area contributed by atoms with Crippen molar-refractivity contribution in [2.24, 2.45) is 0 Å². The minimum atomic E-state index is -3.64. The van der Waals surface area contributed by atoms with Gasteiger partial charge in [0.2, 0.25) is 0 Å². The zero-order valence-electron chi connectivity index (χ0n) is 8.38. The monoisotopic (exact) mass is 304 g/mol. The lowest BCUT2D eigenvalue weighted by Crippen LogP contribution is -2.34. The topological polar surface area (TPSA) is 58.2 Å². The first-order chi connectivity index (χ1) is 7.28. The number of hydrogen-bond donors (Lipinski definition) is 2. The maximum Gasteiger partial charge on any atom is 0.280 e. The Balaban J connectivity index is 4.91. The van der Waals surface area contributed by atoms with Crippen molar-refractivity contribution in [2.45, 2.75) is 3.79 Å². The summed E-state index contributed by atoms with van der Waals surface area (Å²) in [5.41, 5.74) is -1.02. The molecule has 8 heteroatoms. The van der Waals surface area contributed by atoms with E-state index < -0.39 is 16.8 Å². The molecule has 0 rings (SSSR count). The molecule has 0 aromatic carbocycles. The number of rotatable bonds is 7. The Morgan fingerprint density at radius 1 is 1.19 bits per heavy atom. The molecular formula is C8H12Cl3N2O2P. The molecular weight excluding hydrogens is 293 g/mol. The van der Waals surface area contributed by atoms with Gasteiger partial charge in [0.05, 0.1) is 0 Å². The molecule has 0 aliphatic carbocycles. The zero-order valence-corrected chi connectivity index (χ0v) is 11.5. The molecule has 0 aromatic heterocycles. The third kappa shape index (κ3) is 5.00. The smallest absolute Gasteiger partial charge is 0.280 e. The first-order valence-corrected chi connectivity index (χ1v) is 7.06. The fourth-order valence-electron chi connectivity index (χ4n) is 0.764. The van der Waals surface area contributed by atoms with Crippen LogP contribution in [0.2, 0.25) is 0 Å². The summed E-state index contributed by atoms with van der Waals surface area (Å²) >= 11 is 16.2. The fourth-order valence-corrected chi connectivity index (χ4v) is 3.36. The van der Waals surface area contributed by atoms with Crippen LogP contribution < -0.4 is 10.2 Å². The minimum Gasteiger partial charge on any atom is -0.283 e. The van der Waals surface area contributed by atoms with E-state index in [1.165, 1.54) is 12.2 Å². The maximum atomic E-state index is 12.2. The van der Waals surface area contributed by atoms with Crippen molar-refractivity contribution in [3.63, 3.8) is 0 Å². The second-order valence-electron chi connectivity index (χ2n) is 2.71. The largest absolute Gasteiger partial charge is 0.283 e. The van der Waals surface area contributed by atoms with Gasteiger partial charge in [0, 0.05) is 13.1 Å². The van der Waals surface area contributed by atoms with E-state index in [-0.39, 0.29) is 13.1 Å². The van der Waals surface area contributed by atoms with Gasteiger partial charge in [-0.15, -0.1) is 13.2 Å². The van der Waals surface area contributed by atoms with Crippen molar-refractivity contribution < 1.29 is 9.36 Å². The lowest BCUT2D eigenvalue weighted by molar-refractivity contribution is -0.111. The van der Waals surface area contributed by atoms with Gasteiger partial charge in [-0.1, -0.05) is 47.0 Å². The number of carbonyl (C=O) groups is 1. The van der Waals surface area contributed by atoms with E-state index in [4.69, 9.17) is 34.8 Å². The summed E-state index contributed by atoms with van der Waals surface area (Å²) in [5.74, 6) is 0. The normalized spacial score (nSPS) is 12.2. The van der Waals surface area contributed by atoms with E-state index in [0.717, 1.165) is 0 Å². The van der Waals surface area contributed by atoms with Gasteiger partial charge < -0.3 is 0 Å². The predicted molar refractivity (Wildman–Crippen MR) is 69.3 cm³/mol. The van der Waals surface area contributed by atoms with Crippen molar-refractivity contribution >= 4 is 47.8 Å². The van der Waals surface area contributed by atoms with Crippen molar-refractivity contribution in [1.29, 1.82) is 0 Å². The predicted octanol–water partition coefficient (Wildman–Crippen LogP) is 2.63. The first-order valence-electron chi connectivity index (χ1n) is 4.21. The highest BCUT2D eigenvalue weighted by Crippen LogP contribution is 2.46. The number of nitrogens with one attached hydrogen (secondary N) is 2. The molecule has 92 valence electrons. The molecule has 0 aromatic rings. The summed E-state index contributed by atoms with van der Waals surface area (Å²) < 4.78 is 9.92. The molecule has 0 aliphatic heterocycles. The van der Waals surface area contributed by atoms with Crippen molar-refractivity contribution in [1.82, 2.24) is 10.2 Å². The average Bonchev–Trinajstić information content (AvgIpc) is 2.21. The van der Waals surface area contributed by atoms with Gasteiger partial charge in [-0.3, -0.25) is 9.36 Å². The van der Waals surface area contributed by atoms with Crippen molar-refractivity contribution in [2.75, 3.05) is 13.1 Å². The van der Waals surface area contributed by atoms with Crippen LogP contribution in [0.15, 0.2) is 25.3 Å². The Labute approximate surface area is 109 Å². The van der Waals surface area contributed by atoms with E-state index >= 15 is 0 Å². The Hall–Kier alpha value is 0.170. The summed E-state index contributed by atoms with van der Waals surface area (Å²) in [6.07, 6.45) is 2.88. The average molecular weight is 306 g/mol. The molecule has 2 N–H and O–H groups in total. The highest BCUT2D eigenvalue weighted by Gasteiger charge is 2.44. The van der Waals surface area contributed by atoms with Gasteiger partial charge in [-0.05, 0) is 0 Å². The van der Waals surface area contributed by atoms with E-state index in [9.17, 15) is 9.36 Å². The Morgan fingerprint density at radius 2 is 1.56 bits per heavy atom. The Kier molecular flexibility index (Phi) is 6.87. The summed E-state index contributed by atoms with van der Waals surface area (Å²) in [4.78, 5) is 11.6. The van der Waals surface area contributed by atoms with Gasteiger partial charge in [-0.2, -0.15) is 0 Å². The van der Waals surface area contributed by atoms with E-state index in [2.05, 4.69) is 23.3 Å². The second-order valence-corrected chi connectivity index (χ2v) is 7.25. The van der Waals surface area contributed by atoms with Crippen LogP contribution >= 0.6 is 42.2 Å². The highest BCUT2D eigenvalue weighted by atomic mass is 35.6. The molecule has 0 aliphatic rings. The van der Waals surface area contributed by atoms with Gasteiger partial charge >= 0.3 is 0 Å². The standard InChI is InChI=1S/C8H12Cl3N2O2P/c1-3-5-12-16(15,13-6-4-2)7(14)8(9,10)11/h3-4H,1-2,5-6H2,(H2,12,13,15). The fraction of sp³-hybridized carbons (Fsp3) is 0.375. The summed E-state index contributed by atoms with van der Waals surface area (Å²) in [5, 5.41) is 4.93. The van der Waals surface area contributed by atoms with E-state index in [1.54, 1.807) is 0 Å². The van der Waals surface area contributed by atoms with Crippen LogP contribution in [0.4, 0.5) is 0 Å². The molecule has 0 fully saturated rings. The highest BCUT2D eigenvalue weighted by molar-refractivity contribution is 7.78. The third-order valence-corrected chi connectivity index (χ3v) is 4.52. The van der Waals surface area contributed by atoms with Crippen LogP contribution in [0.3, 0.4) is 0 Å². The maximum absolute atomic E-state index is 12.2. The summed E-state index contributed by atoms with van der Waals surface area (Å²) in [6.45, 7) is 7.14. The molecule has 0 bridgehead atoms. The van der Waals surface area contributed by atoms with Gasteiger partial charge in [0.1, 0.15) is 0 Å². The molecule has 0 amide bonds. The van der Waals surface area contributed by atoms with Crippen LogP contribution in [0.25, 0.3) is 0 Å². The quantitative estimate of drug-likeness (QED) is 0.431. The lowest BCUT2D eigenvalue weighted by atomic mass is 10.7. The van der Waals surface area contributed by atoms with Crippen LogP contribution in [0, 0.1) is 0 Å². The minimum absolute atomic E-state index is 0.147. The molecule has 0 atom stereocenters. The van der Waals surface area contributed by atoms with Crippen LogP contribution in [-0.2, 0) is 9.36 Å². The summed E-state index contributed by atoms with van der Waals surface area (Å²) in [6, 6.07) is 0. The molecule has 0 unspecified atom stereocenters. The number of carbonyl (C=O) groups excluding carboxylic acids is 1. The van der Waals surface area contributed by atoms with Crippen LogP contribution in [0.5, 0.6) is 0 Å². The van der Waals surface area contributed by atoms with Gasteiger partial charge in [0.15, 0.2) is 0 Å². The van der Waals surface area contributed by atoms with E-state index in [1.807, 2.05) is 0 Å². The van der Waals surface area contributed by atoms with Crippen molar-refractivity contribution in [3.8, 4) is 0 Å². The van der Waals surface area contributed by atoms with Gasteiger partial charge in [-0.25, -0.2) is 10.2 Å². The van der Waals surface area contributed by atoms with Crippen molar-refractivity contribution in [3.05, 3.63) is 25.3 Å². The molecule has 0 heterocycles. The molecule has 0 saturated heterocycles. The lowest BCUT2D eigenvalue weighted by Gasteiger charge is -2.21. The van der Waals surface area contributed by atoms with Crippen LogP contribution in [0.1, 0.15) is 0 Å². The number of hydrogen-bond acceptors (Lipinski definition) is 2. The molecule has 0 radical (unpaired) electrons. The zero-order chi connectivity index (χ0) is 12.8. The molecule has 16 heavy (non-hydrogen) atoms. The summed E-state index contributed by atoms with van der Waals surface area (Å²) in [7, 11) is -3.64. The van der Waals surface area contributed by atoms with E-state index in [0.29, 0.717) is 0 Å². The number of alkyl halides is 3.